The zero-order valence-electron chi connectivity index (χ0n) is 8.87. The molecule has 1 fully saturated rings. The summed E-state index contributed by atoms with van der Waals surface area (Å²) < 4.78 is 26.7. The van der Waals surface area contributed by atoms with Gasteiger partial charge in [-0.15, -0.1) is 5.10 Å². The average molecular weight is 243 g/mol. The molecule has 1 N–H and O–H groups in total. The maximum Gasteiger partial charge on any atom is 0.233 e. The molecule has 1 atom stereocenters. The Bertz CT molecular complexity index is 490. The molecule has 1 heterocycles. The molecule has 16 heavy (non-hydrogen) atoms. The predicted molar refractivity (Wildman–Crippen MR) is 56.8 cm³/mol. The van der Waals surface area contributed by atoms with E-state index in [0.29, 0.717) is 11.9 Å². The largest absolute Gasteiger partial charge is 0.233 e. The fraction of sp³-hybridized carbons (Fsp3) is 0.625. The lowest BCUT2D eigenvalue weighted by Gasteiger charge is -2.11. The number of nitrogens with zero attached hydrogens (tertiary/aromatic N) is 4. The summed E-state index contributed by atoms with van der Waals surface area (Å²) in [5, 5.41) is 12.1. The number of tetrazole rings is 1. The van der Waals surface area contributed by atoms with Crippen molar-refractivity contribution in [3.8, 4) is 0 Å². The van der Waals surface area contributed by atoms with Gasteiger partial charge in [0.25, 0.3) is 0 Å². The summed E-state index contributed by atoms with van der Waals surface area (Å²) in [6.45, 7) is 4.93. The van der Waals surface area contributed by atoms with Crippen LogP contribution in [0, 0.1) is 0 Å². The summed E-state index contributed by atoms with van der Waals surface area (Å²) in [7, 11) is -3.46. The third-order valence-electron chi connectivity index (χ3n) is 2.36. The average Bonchev–Trinajstić information content (AvgIpc) is 2.95. The zero-order valence-corrected chi connectivity index (χ0v) is 9.68. The van der Waals surface area contributed by atoms with Crippen LogP contribution in [0.5, 0.6) is 0 Å². The Kier molecular flexibility index (Phi) is 2.76. The van der Waals surface area contributed by atoms with Gasteiger partial charge >= 0.3 is 0 Å². The van der Waals surface area contributed by atoms with Gasteiger partial charge in [0.05, 0.1) is 12.1 Å². The lowest BCUT2D eigenvalue weighted by atomic mass is 10.3. The molecular weight excluding hydrogens is 230 g/mol. The Labute approximate surface area is 93.6 Å². The summed E-state index contributed by atoms with van der Waals surface area (Å²) in [6.07, 6.45) is 2.08. The maximum atomic E-state index is 11.3. The van der Waals surface area contributed by atoms with E-state index in [1.165, 1.54) is 0 Å². The molecule has 1 aromatic heterocycles. The Morgan fingerprint density at radius 2 is 2.31 bits per heavy atom. The van der Waals surface area contributed by atoms with Crippen molar-refractivity contribution in [2.24, 2.45) is 0 Å². The molecule has 2 rings (SSSR count). The van der Waals surface area contributed by atoms with Gasteiger partial charge in [0.2, 0.25) is 10.0 Å². The van der Waals surface area contributed by atoms with Gasteiger partial charge in [0.15, 0.2) is 5.82 Å². The lowest BCUT2D eigenvalue weighted by Crippen LogP contribution is -2.27. The highest BCUT2D eigenvalue weighted by Gasteiger charge is 2.30. The van der Waals surface area contributed by atoms with E-state index >= 15 is 0 Å². The quantitative estimate of drug-likeness (QED) is 0.794. The van der Waals surface area contributed by atoms with Gasteiger partial charge < -0.3 is 0 Å². The second-order valence-electron chi connectivity index (χ2n) is 3.76. The van der Waals surface area contributed by atoms with Crippen LogP contribution in [0.15, 0.2) is 12.0 Å². The maximum absolute atomic E-state index is 11.3. The Hall–Kier alpha value is -1.28. The molecule has 8 heteroatoms. The molecule has 88 valence electrons. The minimum absolute atomic E-state index is 0.320. The van der Waals surface area contributed by atoms with Crippen LogP contribution in [0.4, 0.5) is 0 Å². The van der Waals surface area contributed by atoms with Crippen LogP contribution < -0.4 is 4.72 Å². The van der Waals surface area contributed by atoms with Gasteiger partial charge in [0, 0.05) is 5.41 Å². The first-order valence-corrected chi connectivity index (χ1v) is 6.50. The SMILES string of the molecule is C=CS(=O)(=O)NC(C)c1nnnn1C1CC1. The number of hydrogen-bond acceptors (Lipinski definition) is 5. The highest BCUT2D eigenvalue weighted by atomic mass is 32.2. The van der Waals surface area contributed by atoms with Crippen molar-refractivity contribution in [3.63, 3.8) is 0 Å². The number of hydrogen-bond donors (Lipinski definition) is 1. The topological polar surface area (TPSA) is 89.8 Å². The molecule has 1 saturated carbocycles. The zero-order chi connectivity index (χ0) is 11.8. The van der Waals surface area contributed by atoms with Crippen LogP contribution in [0.3, 0.4) is 0 Å². The van der Waals surface area contributed by atoms with E-state index in [4.69, 9.17) is 0 Å². The van der Waals surface area contributed by atoms with Gasteiger partial charge in [-0.2, -0.15) is 0 Å². The van der Waals surface area contributed by atoms with E-state index in [-0.39, 0.29) is 0 Å². The third kappa shape index (κ3) is 2.27. The van der Waals surface area contributed by atoms with Crippen LogP contribution in [-0.4, -0.2) is 28.6 Å². The number of rotatable bonds is 5. The van der Waals surface area contributed by atoms with Gasteiger partial charge in [-0.1, -0.05) is 6.58 Å². The van der Waals surface area contributed by atoms with Crippen LogP contribution in [0.1, 0.15) is 37.7 Å². The van der Waals surface area contributed by atoms with E-state index in [0.717, 1.165) is 18.2 Å². The molecule has 0 aromatic carbocycles. The van der Waals surface area contributed by atoms with Gasteiger partial charge in [0.1, 0.15) is 0 Å². The first-order chi connectivity index (χ1) is 7.53. The molecule has 0 aliphatic heterocycles. The van der Waals surface area contributed by atoms with Gasteiger partial charge in [-0.05, 0) is 30.2 Å². The second kappa shape index (κ2) is 3.95. The summed E-state index contributed by atoms with van der Waals surface area (Å²) >= 11 is 0. The Morgan fingerprint density at radius 3 is 2.88 bits per heavy atom. The predicted octanol–water partition coefficient (Wildman–Crippen LogP) is 0.132. The first kappa shape index (κ1) is 11.2. The van der Waals surface area contributed by atoms with Crippen molar-refractivity contribution in [1.29, 1.82) is 0 Å². The van der Waals surface area contributed by atoms with Crippen molar-refractivity contribution < 1.29 is 8.42 Å². The molecule has 0 amide bonds. The second-order valence-corrected chi connectivity index (χ2v) is 5.42. The van der Waals surface area contributed by atoms with E-state index in [2.05, 4.69) is 26.8 Å². The molecule has 1 aromatic rings. The van der Waals surface area contributed by atoms with Crippen molar-refractivity contribution in [2.75, 3.05) is 0 Å². The van der Waals surface area contributed by atoms with Gasteiger partial charge in [-0.3, -0.25) is 0 Å². The molecular formula is C8H13N5O2S. The van der Waals surface area contributed by atoms with Crippen LogP contribution in [0.2, 0.25) is 0 Å². The van der Waals surface area contributed by atoms with Crippen molar-refractivity contribution >= 4 is 10.0 Å². The fourth-order valence-electron chi connectivity index (χ4n) is 1.41. The van der Waals surface area contributed by atoms with Crippen LogP contribution in [0.25, 0.3) is 0 Å². The molecule has 0 radical (unpaired) electrons. The third-order valence-corrected chi connectivity index (χ3v) is 3.48. The van der Waals surface area contributed by atoms with Crippen LogP contribution in [-0.2, 0) is 10.0 Å². The fourth-order valence-corrected chi connectivity index (χ4v) is 2.11. The molecule has 1 aliphatic rings. The summed E-state index contributed by atoms with van der Waals surface area (Å²) in [5.41, 5.74) is 0. The minimum atomic E-state index is -3.46. The monoisotopic (exact) mass is 243 g/mol. The minimum Gasteiger partial charge on any atom is -0.225 e. The number of aromatic nitrogens is 4. The lowest BCUT2D eigenvalue weighted by molar-refractivity contribution is 0.527. The van der Waals surface area contributed by atoms with Crippen molar-refractivity contribution in [1.82, 2.24) is 24.9 Å². The molecule has 1 unspecified atom stereocenters. The summed E-state index contributed by atoms with van der Waals surface area (Å²) in [4.78, 5) is 0. The summed E-state index contributed by atoms with van der Waals surface area (Å²) in [6, 6.07) is -0.140. The molecule has 7 nitrogen and oxygen atoms in total. The highest BCUT2D eigenvalue weighted by Crippen LogP contribution is 2.35. The Balaban J connectivity index is 2.17. The van der Waals surface area contributed by atoms with E-state index in [9.17, 15) is 8.42 Å². The number of nitrogens with one attached hydrogen (secondary N) is 1. The normalized spacial score (nSPS) is 18.3. The Morgan fingerprint density at radius 1 is 1.62 bits per heavy atom. The van der Waals surface area contributed by atoms with Crippen LogP contribution >= 0.6 is 0 Å². The van der Waals surface area contributed by atoms with E-state index in [1.807, 2.05) is 0 Å². The molecule has 1 aliphatic carbocycles. The first-order valence-electron chi connectivity index (χ1n) is 4.96. The summed E-state index contributed by atoms with van der Waals surface area (Å²) in [5.74, 6) is 0.535. The number of sulfonamides is 1. The van der Waals surface area contributed by atoms with E-state index in [1.54, 1.807) is 11.6 Å². The van der Waals surface area contributed by atoms with Crippen molar-refractivity contribution in [2.45, 2.75) is 31.8 Å². The van der Waals surface area contributed by atoms with Gasteiger partial charge in [-0.25, -0.2) is 17.8 Å². The standard InChI is InChI=1S/C8H13N5O2S/c1-3-16(14,15)10-6(2)8-9-11-12-13(8)7-4-5-7/h3,6-7,10H,1,4-5H2,2H3. The molecule has 0 saturated heterocycles. The molecule has 0 spiro atoms. The van der Waals surface area contributed by atoms with Crippen molar-refractivity contribution in [3.05, 3.63) is 17.8 Å². The highest BCUT2D eigenvalue weighted by molar-refractivity contribution is 7.92. The smallest absolute Gasteiger partial charge is 0.225 e. The molecule has 0 bridgehead atoms. The van der Waals surface area contributed by atoms with E-state index < -0.39 is 16.1 Å².